The minimum Gasteiger partial charge on any atom is -0.285 e. The third-order valence-electron chi connectivity index (χ3n) is 2.13. The fourth-order valence-electron chi connectivity index (χ4n) is 1.20. The molecule has 0 aliphatic rings. The topological polar surface area (TPSA) is 17.1 Å². The molecule has 86 valence electrons. The van der Waals surface area contributed by atoms with Crippen molar-refractivity contribution >= 4 is 11.9 Å². The van der Waals surface area contributed by atoms with Crippen LogP contribution in [0.3, 0.4) is 0 Å². The first kappa shape index (κ1) is 12.5. The predicted octanol–water partition coefficient (Wildman–Crippen LogP) is 3.45. The van der Waals surface area contributed by atoms with E-state index >= 15 is 0 Å². The van der Waals surface area contributed by atoms with E-state index in [1.54, 1.807) is 19.1 Å². The highest BCUT2D eigenvalue weighted by Gasteiger charge is 2.35. The Balaban J connectivity index is 2.93. The molecule has 16 heavy (non-hydrogen) atoms. The SMILES string of the molecule is Cc1ccc(C)c(/C=C/C(=O)C(F)(F)F)c1. The van der Waals surface area contributed by atoms with Crippen molar-refractivity contribution in [3.05, 3.63) is 41.0 Å². The summed E-state index contributed by atoms with van der Waals surface area (Å²) in [6, 6.07) is 5.39. The van der Waals surface area contributed by atoms with Gasteiger partial charge in [-0.1, -0.05) is 29.8 Å². The van der Waals surface area contributed by atoms with Crippen LogP contribution in [0.25, 0.3) is 6.08 Å². The van der Waals surface area contributed by atoms with E-state index in [1.807, 2.05) is 13.0 Å². The highest BCUT2D eigenvalue weighted by Crippen LogP contribution is 2.18. The number of rotatable bonds is 2. The quantitative estimate of drug-likeness (QED) is 0.708. The zero-order chi connectivity index (χ0) is 12.3. The van der Waals surface area contributed by atoms with Crippen LogP contribution in [0, 0.1) is 13.8 Å². The Bertz CT molecular complexity index is 430. The Kier molecular flexibility index (Phi) is 3.52. The molecule has 0 amide bonds. The van der Waals surface area contributed by atoms with Crippen molar-refractivity contribution in [3.8, 4) is 0 Å². The van der Waals surface area contributed by atoms with Crippen molar-refractivity contribution in [1.82, 2.24) is 0 Å². The molecule has 1 aromatic carbocycles. The van der Waals surface area contributed by atoms with Crippen LogP contribution in [-0.4, -0.2) is 12.0 Å². The molecular weight excluding hydrogens is 217 g/mol. The van der Waals surface area contributed by atoms with Crippen molar-refractivity contribution in [3.63, 3.8) is 0 Å². The molecule has 0 heterocycles. The highest BCUT2D eigenvalue weighted by molar-refractivity contribution is 5.97. The molecule has 4 heteroatoms. The maximum absolute atomic E-state index is 11.9. The van der Waals surface area contributed by atoms with Gasteiger partial charge in [0, 0.05) is 0 Å². The fraction of sp³-hybridized carbons (Fsp3) is 0.250. The van der Waals surface area contributed by atoms with Gasteiger partial charge in [0.1, 0.15) is 0 Å². The monoisotopic (exact) mass is 228 g/mol. The minimum absolute atomic E-state index is 0.557. The first-order valence-electron chi connectivity index (χ1n) is 4.67. The number of carbonyl (C=O) groups excluding carboxylic acids is 1. The summed E-state index contributed by atoms with van der Waals surface area (Å²) in [6.45, 7) is 3.61. The zero-order valence-electron chi connectivity index (χ0n) is 8.93. The van der Waals surface area contributed by atoms with Crippen molar-refractivity contribution in [2.45, 2.75) is 20.0 Å². The molecule has 0 N–H and O–H groups in total. The molecule has 0 fully saturated rings. The van der Waals surface area contributed by atoms with Gasteiger partial charge in [-0.3, -0.25) is 4.79 Å². The predicted molar refractivity (Wildman–Crippen MR) is 56.0 cm³/mol. The van der Waals surface area contributed by atoms with E-state index in [0.29, 0.717) is 11.6 Å². The fourth-order valence-corrected chi connectivity index (χ4v) is 1.20. The number of alkyl halides is 3. The van der Waals surface area contributed by atoms with Crippen LogP contribution in [0.5, 0.6) is 0 Å². The van der Waals surface area contributed by atoms with Gasteiger partial charge in [-0.25, -0.2) is 0 Å². The second-order valence-corrected chi connectivity index (χ2v) is 3.56. The Labute approximate surface area is 91.6 Å². The number of hydrogen-bond donors (Lipinski definition) is 0. The summed E-state index contributed by atoms with van der Waals surface area (Å²) in [5.74, 6) is -1.84. The van der Waals surface area contributed by atoms with Crippen LogP contribution in [0.4, 0.5) is 13.2 Å². The molecule has 0 radical (unpaired) electrons. The van der Waals surface area contributed by atoms with Gasteiger partial charge in [-0.05, 0) is 31.1 Å². The van der Waals surface area contributed by atoms with E-state index in [2.05, 4.69) is 0 Å². The van der Waals surface area contributed by atoms with Crippen LogP contribution in [-0.2, 0) is 4.79 Å². The van der Waals surface area contributed by atoms with Gasteiger partial charge in [-0.2, -0.15) is 13.2 Å². The largest absolute Gasteiger partial charge is 0.454 e. The van der Waals surface area contributed by atoms with Gasteiger partial charge in [0.25, 0.3) is 5.78 Å². The number of allylic oxidation sites excluding steroid dienone is 1. The Morgan fingerprint density at radius 1 is 1.25 bits per heavy atom. The summed E-state index contributed by atoms with van der Waals surface area (Å²) in [5.41, 5.74) is 2.39. The smallest absolute Gasteiger partial charge is 0.285 e. The molecule has 0 atom stereocenters. The van der Waals surface area contributed by atoms with Crippen LogP contribution in [0.15, 0.2) is 24.3 Å². The summed E-state index contributed by atoms with van der Waals surface area (Å²) in [7, 11) is 0. The van der Waals surface area contributed by atoms with E-state index in [1.165, 1.54) is 6.08 Å². The molecule has 0 aliphatic carbocycles. The van der Waals surface area contributed by atoms with Gasteiger partial charge in [0.2, 0.25) is 0 Å². The minimum atomic E-state index is -4.80. The molecule has 0 saturated carbocycles. The second-order valence-electron chi connectivity index (χ2n) is 3.56. The molecule has 0 spiro atoms. The first-order chi connectivity index (χ1) is 7.30. The third kappa shape index (κ3) is 3.22. The van der Waals surface area contributed by atoms with Gasteiger partial charge in [0.15, 0.2) is 0 Å². The van der Waals surface area contributed by atoms with Crippen LogP contribution in [0.1, 0.15) is 16.7 Å². The molecule has 1 rings (SSSR count). The first-order valence-corrected chi connectivity index (χ1v) is 4.67. The van der Waals surface area contributed by atoms with E-state index in [9.17, 15) is 18.0 Å². The standard InChI is InChI=1S/C12H11F3O/c1-8-3-4-9(2)10(7-8)5-6-11(16)12(13,14)15/h3-7H,1-2H3/b6-5+. The van der Waals surface area contributed by atoms with E-state index in [-0.39, 0.29) is 0 Å². The van der Waals surface area contributed by atoms with Gasteiger partial charge in [0.05, 0.1) is 0 Å². The zero-order valence-corrected chi connectivity index (χ0v) is 8.93. The van der Waals surface area contributed by atoms with E-state index in [0.717, 1.165) is 11.1 Å². The van der Waals surface area contributed by atoms with Crippen molar-refractivity contribution in [1.29, 1.82) is 0 Å². The molecule has 0 aromatic heterocycles. The highest BCUT2D eigenvalue weighted by atomic mass is 19.4. The molecule has 1 nitrogen and oxygen atoms in total. The summed E-state index contributed by atoms with van der Waals surface area (Å²) < 4.78 is 35.8. The summed E-state index contributed by atoms with van der Waals surface area (Å²) in [6.07, 6.45) is -3.05. The molecule has 0 saturated heterocycles. The average Bonchev–Trinajstić information content (AvgIpc) is 2.17. The molecule has 1 aromatic rings. The van der Waals surface area contributed by atoms with E-state index in [4.69, 9.17) is 0 Å². The molecular formula is C12H11F3O. The number of benzene rings is 1. The van der Waals surface area contributed by atoms with Gasteiger partial charge < -0.3 is 0 Å². The average molecular weight is 228 g/mol. The summed E-state index contributed by atoms with van der Waals surface area (Å²) >= 11 is 0. The normalized spacial score (nSPS) is 12.1. The van der Waals surface area contributed by atoms with Crippen LogP contribution < -0.4 is 0 Å². The second kappa shape index (κ2) is 4.51. The lowest BCUT2D eigenvalue weighted by atomic mass is 10.0. The van der Waals surface area contributed by atoms with Crippen molar-refractivity contribution in [2.75, 3.05) is 0 Å². The van der Waals surface area contributed by atoms with Gasteiger partial charge >= 0.3 is 6.18 Å². The number of carbonyl (C=O) groups is 1. The Hall–Kier alpha value is -1.58. The number of ketones is 1. The summed E-state index contributed by atoms with van der Waals surface area (Å²) in [5, 5.41) is 0. The van der Waals surface area contributed by atoms with Crippen LogP contribution >= 0.6 is 0 Å². The number of halogens is 3. The maximum Gasteiger partial charge on any atom is 0.454 e. The number of hydrogen-bond acceptors (Lipinski definition) is 1. The Morgan fingerprint density at radius 3 is 2.44 bits per heavy atom. The lowest BCUT2D eigenvalue weighted by Crippen LogP contribution is -2.19. The van der Waals surface area contributed by atoms with Gasteiger partial charge in [-0.15, -0.1) is 0 Å². The Morgan fingerprint density at radius 2 is 1.88 bits per heavy atom. The van der Waals surface area contributed by atoms with Crippen LogP contribution in [0.2, 0.25) is 0 Å². The van der Waals surface area contributed by atoms with E-state index < -0.39 is 12.0 Å². The van der Waals surface area contributed by atoms with Crippen molar-refractivity contribution in [2.24, 2.45) is 0 Å². The number of aryl methyl sites for hydroxylation is 2. The molecule has 0 aliphatic heterocycles. The third-order valence-corrected chi connectivity index (χ3v) is 2.13. The lowest BCUT2D eigenvalue weighted by molar-refractivity contribution is -0.165. The lowest BCUT2D eigenvalue weighted by Gasteiger charge is -2.02. The molecule has 0 unspecified atom stereocenters. The molecule has 0 bridgehead atoms. The maximum atomic E-state index is 11.9. The van der Waals surface area contributed by atoms with Crippen molar-refractivity contribution < 1.29 is 18.0 Å². The summed E-state index contributed by atoms with van der Waals surface area (Å²) in [4.78, 5) is 10.6.